The molecule has 1 aliphatic heterocycles. The maximum absolute atomic E-state index is 12.2. The number of cyclic esters (lactones) is 1. The molecule has 108 valence electrons. The lowest BCUT2D eigenvalue weighted by atomic mass is 9.84. The van der Waals surface area contributed by atoms with Gasteiger partial charge in [0.25, 0.3) is 0 Å². The van der Waals surface area contributed by atoms with Crippen LogP contribution in [0.5, 0.6) is 0 Å². The van der Waals surface area contributed by atoms with Crippen LogP contribution in [0.25, 0.3) is 10.8 Å². The Bertz CT molecular complexity index is 916. The summed E-state index contributed by atoms with van der Waals surface area (Å²) in [5.74, 6) is -0.280. The van der Waals surface area contributed by atoms with Gasteiger partial charge in [-0.05, 0) is 35.9 Å². The van der Waals surface area contributed by atoms with Crippen molar-refractivity contribution in [3.8, 4) is 0 Å². The number of hydrogen-bond donors (Lipinski definition) is 0. The van der Waals surface area contributed by atoms with Gasteiger partial charge in [0.2, 0.25) is 0 Å². The lowest BCUT2D eigenvalue weighted by molar-refractivity contribution is 0.0185. The van der Waals surface area contributed by atoms with Crippen LogP contribution in [0.3, 0.4) is 0 Å². The zero-order valence-electron chi connectivity index (χ0n) is 12.0. The highest BCUT2D eigenvalue weighted by molar-refractivity contribution is 6.31. The van der Waals surface area contributed by atoms with Gasteiger partial charge in [0.05, 0.1) is 5.56 Å². The van der Waals surface area contributed by atoms with Crippen LogP contribution in [-0.2, 0) is 10.3 Å². The molecule has 1 heterocycles. The quantitative estimate of drug-likeness (QED) is 0.596. The highest BCUT2D eigenvalue weighted by Gasteiger charge is 2.43. The summed E-state index contributed by atoms with van der Waals surface area (Å²) in [6.07, 6.45) is 0. The van der Waals surface area contributed by atoms with Crippen molar-refractivity contribution in [2.45, 2.75) is 12.5 Å². The van der Waals surface area contributed by atoms with Crippen molar-refractivity contribution in [1.29, 1.82) is 0 Å². The number of hydrogen-bond acceptors (Lipinski definition) is 2. The molecule has 4 rings (SSSR count). The van der Waals surface area contributed by atoms with E-state index in [0.29, 0.717) is 10.6 Å². The Morgan fingerprint density at radius 3 is 2.59 bits per heavy atom. The molecule has 0 amide bonds. The number of esters is 1. The molecule has 0 saturated heterocycles. The number of carbonyl (C=O) groups excluding carboxylic acids is 1. The molecule has 0 unspecified atom stereocenters. The van der Waals surface area contributed by atoms with Gasteiger partial charge in [-0.2, -0.15) is 0 Å². The Kier molecular flexibility index (Phi) is 2.78. The molecule has 22 heavy (non-hydrogen) atoms. The van der Waals surface area contributed by atoms with Gasteiger partial charge in [0.1, 0.15) is 0 Å². The van der Waals surface area contributed by atoms with E-state index in [0.717, 1.165) is 21.9 Å². The molecule has 0 fully saturated rings. The average Bonchev–Trinajstić information content (AvgIpc) is 2.79. The van der Waals surface area contributed by atoms with Crippen molar-refractivity contribution in [3.63, 3.8) is 0 Å². The number of halogens is 1. The zero-order chi connectivity index (χ0) is 15.3. The third kappa shape index (κ3) is 1.77. The first kappa shape index (κ1) is 13.4. The second-order valence-electron chi connectivity index (χ2n) is 5.64. The van der Waals surface area contributed by atoms with Crippen LogP contribution in [0.2, 0.25) is 5.02 Å². The van der Waals surface area contributed by atoms with Gasteiger partial charge < -0.3 is 4.74 Å². The predicted octanol–water partition coefficient (Wildman–Crippen LogP) is 4.93. The lowest BCUT2D eigenvalue weighted by Gasteiger charge is -2.26. The summed E-state index contributed by atoms with van der Waals surface area (Å²) in [5.41, 5.74) is 1.68. The van der Waals surface area contributed by atoms with Gasteiger partial charge >= 0.3 is 5.97 Å². The molecule has 1 atom stereocenters. The highest BCUT2D eigenvalue weighted by Crippen LogP contribution is 2.44. The first-order valence-corrected chi connectivity index (χ1v) is 7.49. The fraction of sp³-hybridized carbons (Fsp3) is 0.105. The van der Waals surface area contributed by atoms with Gasteiger partial charge in [-0.15, -0.1) is 0 Å². The summed E-state index contributed by atoms with van der Waals surface area (Å²) < 4.78 is 5.77. The van der Waals surface area contributed by atoms with E-state index < -0.39 is 5.60 Å². The number of benzene rings is 3. The number of fused-ring (bicyclic) bond motifs is 2. The van der Waals surface area contributed by atoms with Gasteiger partial charge in [-0.1, -0.05) is 54.1 Å². The molecular weight excluding hydrogens is 296 g/mol. The molecule has 1 aliphatic rings. The normalized spacial score (nSPS) is 20.0. The first-order valence-electron chi connectivity index (χ1n) is 7.11. The zero-order valence-corrected chi connectivity index (χ0v) is 12.7. The van der Waals surface area contributed by atoms with Crippen LogP contribution < -0.4 is 0 Å². The molecule has 3 aromatic carbocycles. The standard InChI is InChI=1S/C19H13ClO2/c1-19(16-7-3-2-6-14(16)18(21)22-19)17-8-4-5-12-9-10-13(20)11-15(12)17/h2-11H,1H3/t19-/m1/s1. The summed E-state index contributed by atoms with van der Waals surface area (Å²) in [4.78, 5) is 12.2. The largest absolute Gasteiger partial charge is 0.446 e. The van der Waals surface area contributed by atoms with Crippen LogP contribution in [0.15, 0.2) is 60.7 Å². The van der Waals surface area contributed by atoms with E-state index in [2.05, 4.69) is 0 Å². The van der Waals surface area contributed by atoms with Crippen molar-refractivity contribution in [2.75, 3.05) is 0 Å². The van der Waals surface area contributed by atoms with E-state index >= 15 is 0 Å². The lowest BCUT2D eigenvalue weighted by Crippen LogP contribution is -2.23. The molecule has 0 spiro atoms. The Labute approximate surface area is 133 Å². The molecule has 3 aromatic rings. The molecule has 2 nitrogen and oxygen atoms in total. The maximum atomic E-state index is 12.2. The topological polar surface area (TPSA) is 26.3 Å². The first-order chi connectivity index (χ1) is 10.6. The smallest absolute Gasteiger partial charge is 0.339 e. The summed E-state index contributed by atoms with van der Waals surface area (Å²) in [6.45, 7) is 1.94. The molecule has 0 aromatic heterocycles. The van der Waals surface area contributed by atoms with Crippen molar-refractivity contribution in [3.05, 3.63) is 82.4 Å². The molecule has 0 N–H and O–H groups in total. The average molecular weight is 309 g/mol. The summed E-state index contributed by atoms with van der Waals surface area (Å²) in [5, 5.41) is 2.74. The number of ether oxygens (including phenoxy) is 1. The SMILES string of the molecule is C[C@@]1(c2cccc3ccc(Cl)cc23)OC(=O)c2ccccc21. The summed E-state index contributed by atoms with van der Waals surface area (Å²) >= 11 is 6.16. The Morgan fingerprint density at radius 2 is 1.73 bits per heavy atom. The number of rotatable bonds is 1. The van der Waals surface area contributed by atoms with Crippen molar-refractivity contribution < 1.29 is 9.53 Å². The van der Waals surface area contributed by atoms with E-state index in [1.165, 1.54) is 0 Å². The predicted molar refractivity (Wildman–Crippen MR) is 87.3 cm³/mol. The molecule has 0 radical (unpaired) electrons. The maximum Gasteiger partial charge on any atom is 0.339 e. The van der Waals surface area contributed by atoms with Crippen LogP contribution in [0.1, 0.15) is 28.4 Å². The highest BCUT2D eigenvalue weighted by atomic mass is 35.5. The second-order valence-corrected chi connectivity index (χ2v) is 6.08. The molecule has 0 saturated carbocycles. The minimum atomic E-state index is -0.794. The second kappa shape index (κ2) is 4.59. The van der Waals surface area contributed by atoms with Crippen LogP contribution in [0.4, 0.5) is 0 Å². The van der Waals surface area contributed by atoms with Gasteiger partial charge in [-0.3, -0.25) is 0 Å². The number of carbonyl (C=O) groups is 1. The van der Waals surface area contributed by atoms with Gasteiger partial charge in [-0.25, -0.2) is 4.79 Å². The van der Waals surface area contributed by atoms with Crippen LogP contribution in [-0.4, -0.2) is 5.97 Å². The van der Waals surface area contributed by atoms with E-state index in [1.807, 2.05) is 61.5 Å². The Morgan fingerprint density at radius 1 is 0.955 bits per heavy atom. The van der Waals surface area contributed by atoms with Crippen molar-refractivity contribution in [2.24, 2.45) is 0 Å². The van der Waals surface area contributed by atoms with Gasteiger partial charge in [0, 0.05) is 16.1 Å². The summed E-state index contributed by atoms with van der Waals surface area (Å²) in [7, 11) is 0. The van der Waals surface area contributed by atoms with Crippen LogP contribution in [0, 0.1) is 0 Å². The fourth-order valence-corrected chi connectivity index (χ4v) is 3.41. The molecule has 0 bridgehead atoms. The van der Waals surface area contributed by atoms with Crippen molar-refractivity contribution >= 4 is 28.3 Å². The van der Waals surface area contributed by atoms with Gasteiger partial charge in [0.15, 0.2) is 5.60 Å². The van der Waals surface area contributed by atoms with Crippen LogP contribution >= 0.6 is 11.6 Å². The third-order valence-electron chi connectivity index (χ3n) is 4.32. The summed E-state index contributed by atoms with van der Waals surface area (Å²) in [6, 6.07) is 19.3. The Hall–Kier alpha value is -2.32. The van der Waals surface area contributed by atoms with E-state index in [4.69, 9.17) is 16.3 Å². The van der Waals surface area contributed by atoms with E-state index in [1.54, 1.807) is 6.07 Å². The van der Waals surface area contributed by atoms with E-state index in [9.17, 15) is 4.79 Å². The minimum absolute atomic E-state index is 0.280. The minimum Gasteiger partial charge on any atom is -0.446 e. The molecule has 0 aliphatic carbocycles. The Balaban J connectivity index is 2.04. The van der Waals surface area contributed by atoms with E-state index in [-0.39, 0.29) is 5.97 Å². The molecule has 3 heteroatoms. The van der Waals surface area contributed by atoms with Crippen molar-refractivity contribution in [1.82, 2.24) is 0 Å². The molecular formula is C19H13ClO2. The monoisotopic (exact) mass is 308 g/mol. The fourth-order valence-electron chi connectivity index (χ4n) is 3.23. The third-order valence-corrected chi connectivity index (χ3v) is 4.55.